The first-order chi connectivity index (χ1) is 23.3. The summed E-state index contributed by atoms with van der Waals surface area (Å²) in [4.78, 5) is 31.2. The molecule has 4 aliphatic rings. The van der Waals surface area contributed by atoms with Gasteiger partial charge >= 0.3 is 0 Å². The van der Waals surface area contributed by atoms with Gasteiger partial charge in [-0.05, 0) is 105 Å². The first kappa shape index (κ1) is 35.7. The molecule has 0 saturated heterocycles. The van der Waals surface area contributed by atoms with Crippen molar-refractivity contribution < 1.29 is 32.6 Å². The topological polar surface area (TPSA) is 125 Å². The van der Waals surface area contributed by atoms with Gasteiger partial charge in [0.2, 0.25) is 15.9 Å². The predicted molar refractivity (Wildman–Crippen MR) is 189 cm³/mol. The van der Waals surface area contributed by atoms with Gasteiger partial charge in [-0.3, -0.25) is 14.3 Å². The van der Waals surface area contributed by atoms with Gasteiger partial charge in [0.05, 0.1) is 30.1 Å². The maximum Gasteiger partial charge on any atom is 0.270 e. The third-order valence-corrected chi connectivity index (χ3v) is 13.1. The Hall–Kier alpha value is -3.12. The van der Waals surface area contributed by atoms with E-state index in [0.717, 1.165) is 32.1 Å². The second-order valence-electron chi connectivity index (χ2n) is 14.6. The maximum absolute atomic E-state index is 13.8. The number of methoxy groups -OCH3 is 1. The number of carbonyl (C=O) groups is 2. The van der Waals surface area contributed by atoms with E-state index in [1.54, 1.807) is 32.4 Å². The summed E-state index contributed by atoms with van der Waals surface area (Å²) in [5.41, 5.74) is 0.437. The SMILES string of the molecule is CO[C@H]1/C=C\CCN(C)C(=O)C[C@](O)(C(=O)NS(=O)(=O)C(C)C)c2ccc3c(c2)N(C[C@@H]2CC[C@H]21)C[C@@]1(CCCc2cc(Cl)ccc21)CO3. The van der Waals surface area contributed by atoms with Crippen LogP contribution in [-0.2, 0) is 41.8 Å². The Morgan fingerprint density at radius 3 is 2.69 bits per heavy atom. The maximum atomic E-state index is 13.8. The smallest absolute Gasteiger partial charge is 0.270 e. The molecule has 0 radical (unpaired) electrons. The minimum atomic E-state index is -4.11. The predicted octanol–water partition coefficient (Wildman–Crippen LogP) is 4.70. The van der Waals surface area contributed by atoms with E-state index < -0.39 is 39.1 Å². The van der Waals surface area contributed by atoms with Gasteiger partial charge in [-0.2, -0.15) is 0 Å². The molecule has 2 heterocycles. The number of amides is 2. The van der Waals surface area contributed by atoms with Crippen LogP contribution in [0.4, 0.5) is 5.69 Å². The van der Waals surface area contributed by atoms with Gasteiger partial charge < -0.3 is 24.4 Å². The highest BCUT2D eigenvalue weighted by molar-refractivity contribution is 7.90. The van der Waals surface area contributed by atoms with Crippen molar-refractivity contribution in [2.45, 2.75) is 81.2 Å². The van der Waals surface area contributed by atoms with Crippen LogP contribution in [0.15, 0.2) is 48.6 Å². The Labute approximate surface area is 294 Å². The number of ether oxygens (including phenoxy) is 2. The lowest BCUT2D eigenvalue weighted by Crippen LogP contribution is -2.51. The van der Waals surface area contributed by atoms with E-state index in [0.29, 0.717) is 61.0 Å². The number of hydrogen-bond donors (Lipinski definition) is 2. The van der Waals surface area contributed by atoms with Gasteiger partial charge in [0.15, 0.2) is 5.60 Å². The summed E-state index contributed by atoms with van der Waals surface area (Å²) in [6.07, 6.45) is 8.84. The van der Waals surface area contributed by atoms with Crippen molar-refractivity contribution in [2.75, 3.05) is 45.3 Å². The molecule has 49 heavy (non-hydrogen) atoms. The molecule has 2 N–H and O–H groups in total. The summed E-state index contributed by atoms with van der Waals surface area (Å²) >= 11 is 6.44. The Morgan fingerprint density at radius 2 is 1.98 bits per heavy atom. The van der Waals surface area contributed by atoms with E-state index in [1.165, 1.54) is 29.9 Å². The molecule has 5 atom stereocenters. The number of nitrogens with zero attached hydrogens (tertiary/aromatic N) is 2. The van der Waals surface area contributed by atoms with Crippen molar-refractivity contribution in [2.24, 2.45) is 11.8 Å². The van der Waals surface area contributed by atoms with Crippen LogP contribution in [0.3, 0.4) is 0 Å². The summed E-state index contributed by atoms with van der Waals surface area (Å²) in [5, 5.41) is 12.0. The third-order valence-electron chi connectivity index (χ3n) is 11.2. The molecular formula is C37H48ClN3O7S. The number of fused-ring (bicyclic) bond motifs is 4. The normalized spacial score (nSPS) is 29.7. The standard InChI is InChI=1S/C37H48ClN3O7S/c1-24(2)49(45,46)39-35(43)37(44)20-34(42)40(3)17-6-5-9-32(47-4)29-13-10-26(29)21-41-22-36(23-48-33-15-11-27(37)19-31(33)41)16-7-8-25-18-28(38)12-14-30(25)36/h5,9,11-12,14-15,18-19,24,26,29,32,44H,6-8,10,13,16-17,20-23H2,1-4H3,(H,39,43)/b9-5-/t26-,29+,32-,36-,37+/m0/s1. The molecule has 12 heteroatoms. The molecule has 6 rings (SSSR count). The fraction of sp³-hybridized carbons (Fsp3) is 0.568. The first-order valence-corrected chi connectivity index (χ1v) is 19.2. The molecule has 2 aliphatic heterocycles. The minimum Gasteiger partial charge on any atom is -0.490 e. The molecule has 2 aliphatic carbocycles. The van der Waals surface area contributed by atoms with Crippen LogP contribution in [0.5, 0.6) is 5.75 Å². The van der Waals surface area contributed by atoms with Gasteiger partial charge in [0, 0.05) is 44.2 Å². The third kappa shape index (κ3) is 6.96. The summed E-state index contributed by atoms with van der Waals surface area (Å²) in [5.74, 6) is -0.460. The lowest BCUT2D eigenvalue weighted by molar-refractivity contribution is -0.148. The summed E-state index contributed by atoms with van der Waals surface area (Å²) in [7, 11) is -0.760. The van der Waals surface area contributed by atoms with Crippen LogP contribution in [0.25, 0.3) is 0 Å². The molecule has 266 valence electrons. The zero-order chi connectivity index (χ0) is 35.1. The van der Waals surface area contributed by atoms with E-state index in [-0.39, 0.29) is 17.1 Å². The zero-order valence-electron chi connectivity index (χ0n) is 28.8. The van der Waals surface area contributed by atoms with Gasteiger partial charge in [0.1, 0.15) is 5.75 Å². The molecule has 2 amide bonds. The molecular weight excluding hydrogens is 666 g/mol. The summed E-state index contributed by atoms with van der Waals surface area (Å²) in [6, 6.07) is 11.1. The Bertz CT molecular complexity index is 1730. The first-order valence-electron chi connectivity index (χ1n) is 17.3. The second kappa shape index (κ2) is 13.9. The van der Waals surface area contributed by atoms with Gasteiger partial charge in [0.25, 0.3) is 5.91 Å². The van der Waals surface area contributed by atoms with E-state index in [2.05, 4.69) is 27.8 Å². The second-order valence-corrected chi connectivity index (χ2v) is 17.3. The quantitative estimate of drug-likeness (QED) is 0.437. The lowest BCUT2D eigenvalue weighted by atomic mass is 9.68. The van der Waals surface area contributed by atoms with E-state index in [4.69, 9.17) is 21.1 Å². The number of anilines is 1. The van der Waals surface area contributed by atoms with Crippen LogP contribution in [-0.4, -0.2) is 82.0 Å². The lowest BCUT2D eigenvalue weighted by Gasteiger charge is -2.46. The average Bonchev–Trinajstić information content (AvgIpc) is 3.20. The monoisotopic (exact) mass is 713 g/mol. The number of nitrogens with one attached hydrogen (secondary N) is 1. The van der Waals surface area contributed by atoms with Crippen molar-refractivity contribution in [3.63, 3.8) is 0 Å². The van der Waals surface area contributed by atoms with Crippen molar-refractivity contribution >= 4 is 39.1 Å². The fourth-order valence-corrected chi connectivity index (χ4v) is 8.78. The Balaban J connectivity index is 1.48. The Morgan fingerprint density at radius 1 is 1.18 bits per heavy atom. The van der Waals surface area contributed by atoms with E-state index >= 15 is 0 Å². The van der Waals surface area contributed by atoms with Crippen LogP contribution in [0, 0.1) is 11.8 Å². The van der Waals surface area contributed by atoms with Crippen LogP contribution in [0.1, 0.15) is 69.1 Å². The molecule has 1 fully saturated rings. The molecule has 2 aromatic rings. The molecule has 1 saturated carbocycles. The number of halogens is 1. The number of carbonyl (C=O) groups excluding carboxylic acids is 2. The fourth-order valence-electron chi connectivity index (χ4n) is 7.93. The zero-order valence-corrected chi connectivity index (χ0v) is 30.4. The van der Waals surface area contributed by atoms with Crippen LogP contribution in [0.2, 0.25) is 5.02 Å². The minimum absolute atomic E-state index is 0.0649. The van der Waals surface area contributed by atoms with E-state index in [1.807, 2.05) is 12.1 Å². The van der Waals surface area contributed by atoms with Gasteiger partial charge in [-0.25, -0.2) is 8.42 Å². The van der Waals surface area contributed by atoms with Crippen molar-refractivity contribution in [1.29, 1.82) is 0 Å². The van der Waals surface area contributed by atoms with Crippen molar-refractivity contribution in [3.8, 4) is 5.75 Å². The summed E-state index contributed by atoms with van der Waals surface area (Å²) < 4.78 is 40.4. The molecule has 0 aromatic heterocycles. The van der Waals surface area contributed by atoms with Crippen molar-refractivity contribution in [1.82, 2.24) is 9.62 Å². The van der Waals surface area contributed by atoms with E-state index in [9.17, 15) is 23.1 Å². The summed E-state index contributed by atoms with van der Waals surface area (Å²) in [6.45, 7) is 4.99. The largest absolute Gasteiger partial charge is 0.490 e. The molecule has 0 unspecified atom stereocenters. The number of hydrogen-bond acceptors (Lipinski definition) is 8. The average molecular weight is 714 g/mol. The van der Waals surface area contributed by atoms with Crippen LogP contribution < -0.4 is 14.4 Å². The number of aliphatic hydroxyl groups is 1. The molecule has 1 spiro atoms. The molecule has 2 aromatic carbocycles. The number of benzene rings is 2. The molecule has 2 bridgehead atoms. The van der Waals surface area contributed by atoms with Crippen LogP contribution >= 0.6 is 11.6 Å². The van der Waals surface area contributed by atoms with Gasteiger partial charge in [-0.15, -0.1) is 0 Å². The number of aryl methyl sites for hydroxylation is 1. The highest BCUT2D eigenvalue weighted by atomic mass is 35.5. The van der Waals surface area contributed by atoms with Gasteiger partial charge in [-0.1, -0.05) is 35.9 Å². The Kier molecular flexibility index (Phi) is 10.1. The number of rotatable bonds is 4. The highest BCUT2D eigenvalue weighted by Gasteiger charge is 2.47. The highest BCUT2D eigenvalue weighted by Crippen LogP contribution is 2.47. The number of sulfonamides is 1. The van der Waals surface area contributed by atoms with Crippen molar-refractivity contribution in [3.05, 3.63) is 70.3 Å². The molecule has 10 nitrogen and oxygen atoms in total.